The van der Waals surface area contributed by atoms with Crippen molar-refractivity contribution in [1.29, 1.82) is 0 Å². The Balaban J connectivity index is 1.90. The van der Waals surface area contributed by atoms with Crippen LogP contribution in [0.4, 0.5) is 0 Å². The lowest BCUT2D eigenvalue weighted by Crippen LogP contribution is -2.35. The molecule has 0 radical (unpaired) electrons. The Bertz CT molecular complexity index is 798. The molecule has 4 nitrogen and oxygen atoms in total. The van der Waals surface area contributed by atoms with E-state index in [0.29, 0.717) is 36.3 Å². The third kappa shape index (κ3) is 3.49. The molecule has 1 heterocycles. The largest absolute Gasteiger partial charge is 0.338 e. The van der Waals surface area contributed by atoms with Gasteiger partial charge in [0.25, 0.3) is 5.91 Å². The van der Waals surface area contributed by atoms with E-state index in [1.54, 1.807) is 36.4 Å². The lowest BCUT2D eigenvalue weighted by atomic mass is 9.90. The third-order valence-corrected chi connectivity index (χ3v) is 5.05. The van der Waals surface area contributed by atoms with Gasteiger partial charge < -0.3 is 10.6 Å². The monoisotopic (exact) mass is 336 g/mol. The standard InChI is InChI=1S/C21H24N2O2/c1-15-7-9-16(10-8-15)19(24)17-5-3-4-6-18(17)20(25)23-12-11-21(2,13-22)14-23/h3-10H,11-14,22H2,1-2H3. The molecular formula is C21H24N2O2. The van der Waals surface area contributed by atoms with Crippen LogP contribution in [-0.4, -0.2) is 36.2 Å². The average molecular weight is 336 g/mol. The van der Waals surface area contributed by atoms with Crippen LogP contribution in [-0.2, 0) is 0 Å². The van der Waals surface area contributed by atoms with E-state index in [1.165, 1.54) is 0 Å². The van der Waals surface area contributed by atoms with Crippen molar-refractivity contribution in [3.63, 3.8) is 0 Å². The van der Waals surface area contributed by atoms with Gasteiger partial charge in [0.15, 0.2) is 5.78 Å². The Hall–Kier alpha value is -2.46. The van der Waals surface area contributed by atoms with Gasteiger partial charge >= 0.3 is 0 Å². The first-order valence-electron chi connectivity index (χ1n) is 8.63. The number of likely N-dealkylation sites (tertiary alicyclic amines) is 1. The number of hydrogen-bond acceptors (Lipinski definition) is 3. The van der Waals surface area contributed by atoms with Crippen molar-refractivity contribution in [3.8, 4) is 0 Å². The summed E-state index contributed by atoms with van der Waals surface area (Å²) < 4.78 is 0. The molecule has 0 saturated carbocycles. The van der Waals surface area contributed by atoms with Crippen molar-refractivity contribution in [3.05, 3.63) is 70.8 Å². The van der Waals surface area contributed by atoms with E-state index >= 15 is 0 Å². The number of benzene rings is 2. The second kappa shape index (κ2) is 6.81. The zero-order valence-electron chi connectivity index (χ0n) is 14.8. The van der Waals surface area contributed by atoms with E-state index < -0.39 is 0 Å². The summed E-state index contributed by atoms with van der Waals surface area (Å²) >= 11 is 0. The number of nitrogens with two attached hydrogens (primary N) is 1. The van der Waals surface area contributed by atoms with Gasteiger partial charge in [-0.1, -0.05) is 55.0 Å². The van der Waals surface area contributed by atoms with Crippen LogP contribution >= 0.6 is 0 Å². The number of aryl methyl sites for hydroxylation is 1. The fraction of sp³-hybridized carbons (Fsp3) is 0.333. The highest BCUT2D eigenvalue weighted by Crippen LogP contribution is 2.30. The van der Waals surface area contributed by atoms with Gasteiger partial charge in [-0.25, -0.2) is 0 Å². The van der Waals surface area contributed by atoms with Gasteiger partial charge in [-0.3, -0.25) is 9.59 Å². The number of carbonyl (C=O) groups is 2. The number of carbonyl (C=O) groups excluding carboxylic acids is 2. The highest BCUT2D eigenvalue weighted by Gasteiger charge is 2.36. The molecular weight excluding hydrogens is 312 g/mol. The topological polar surface area (TPSA) is 63.4 Å². The average Bonchev–Trinajstić information content (AvgIpc) is 3.04. The van der Waals surface area contributed by atoms with Crippen molar-refractivity contribution in [2.24, 2.45) is 11.1 Å². The molecule has 3 rings (SSSR count). The molecule has 4 heteroatoms. The maximum absolute atomic E-state index is 13.0. The Kier molecular flexibility index (Phi) is 4.73. The quantitative estimate of drug-likeness (QED) is 0.873. The Labute approximate surface area is 148 Å². The van der Waals surface area contributed by atoms with Crippen molar-refractivity contribution in [2.75, 3.05) is 19.6 Å². The number of rotatable bonds is 4. The normalized spacial score (nSPS) is 19.9. The van der Waals surface area contributed by atoms with Crippen LogP contribution in [0.25, 0.3) is 0 Å². The molecule has 2 aromatic carbocycles. The maximum Gasteiger partial charge on any atom is 0.254 e. The van der Waals surface area contributed by atoms with Gasteiger partial charge in [0.1, 0.15) is 0 Å². The fourth-order valence-corrected chi connectivity index (χ4v) is 3.26. The van der Waals surface area contributed by atoms with Crippen LogP contribution in [0.2, 0.25) is 0 Å². The van der Waals surface area contributed by atoms with E-state index in [-0.39, 0.29) is 17.1 Å². The van der Waals surface area contributed by atoms with E-state index in [0.717, 1.165) is 12.0 Å². The van der Waals surface area contributed by atoms with E-state index in [4.69, 9.17) is 5.73 Å². The Morgan fingerprint density at radius 1 is 1.08 bits per heavy atom. The van der Waals surface area contributed by atoms with Crippen molar-refractivity contribution < 1.29 is 9.59 Å². The molecule has 1 amide bonds. The molecule has 0 aromatic heterocycles. The molecule has 2 N–H and O–H groups in total. The highest BCUT2D eigenvalue weighted by atomic mass is 16.2. The molecule has 0 bridgehead atoms. The van der Waals surface area contributed by atoms with E-state index in [9.17, 15) is 9.59 Å². The summed E-state index contributed by atoms with van der Waals surface area (Å²) in [6.45, 7) is 5.95. The summed E-state index contributed by atoms with van der Waals surface area (Å²) in [6, 6.07) is 14.5. The van der Waals surface area contributed by atoms with Gasteiger partial charge in [-0.15, -0.1) is 0 Å². The Morgan fingerprint density at radius 3 is 2.32 bits per heavy atom. The molecule has 1 atom stereocenters. The van der Waals surface area contributed by atoms with E-state index in [1.807, 2.05) is 24.0 Å². The summed E-state index contributed by atoms with van der Waals surface area (Å²) in [4.78, 5) is 27.7. The molecule has 1 saturated heterocycles. The lowest BCUT2D eigenvalue weighted by molar-refractivity contribution is 0.0772. The van der Waals surface area contributed by atoms with Crippen molar-refractivity contribution in [1.82, 2.24) is 4.90 Å². The summed E-state index contributed by atoms with van der Waals surface area (Å²) in [5.74, 6) is -0.210. The minimum Gasteiger partial charge on any atom is -0.338 e. The molecule has 0 aliphatic carbocycles. The first-order valence-corrected chi connectivity index (χ1v) is 8.63. The summed E-state index contributed by atoms with van der Waals surface area (Å²) in [5, 5.41) is 0. The fourth-order valence-electron chi connectivity index (χ4n) is 3.26. The molecule has 1 fully saturated rings. The maximum atomic E-state index is 13.0. The van der Waals surface area contributed by atoms with Gasteiger partial charge in [0, 0.05) is 24.2 Å². The number of hydrogen-bond donors (Lipinski definition) is 1. The second-order valence-electron chi connectivity index (χ2n) is 7.23. The van der Waals surface area contributed by atoms with Crippen LogP contribution in [0.3, 0.4) is 0 Å². The van der Waals surface area contributed by atoms with Crippen LogP contribution in [0.1, 0.15) is 45.2 Å². The summed E-state index contributed by atoms with van der Waals surface area (Å²) in [6.07, 6.45) is 0.892. The molecule has 0 spiro atoms. The highest BCUT2D eigenvalue weighted by molar-refractivity contribution is 6.15. The minimum atomic E-state index is -0.121. The first kappa shape index (κ1) is 17.4. The molecule has 130 valence electrons. The summed E-state index contributed by atoms with van der Waals surface area (Å²) in [7, 11) is 0. The molecule has 2 aromatic rings. The predicted molar refractivity (Wildman–Crippen MR) is 98.7 cm³/mol. The SMILES string of the molecule is Cc1ccc(C(=O)c2ccccc2C(=O)N2CCC(C)(CN)C2)cc1. The molecule has 1 aliphatic heterocycles. The molecule has 25 heavy (non-hydrogen) atoms. The predicted octanol–water partition coefficient (Wildman–Crippen LogP) is 3.04. The van der Waals surface area contributed by atoms with Crippen LogP contribution < -0.4 is 5.73 Å². The molecule has 1 aliphatic rings. The van der Waals surface area contributed by atoms with Crippen LogP contribution in [0.15, 0.2) is 48.5 Å². The second-order valence-corrected chi connectivity index (χ2v) is 7.23. The zero-order valence-corrected chi connectivity index (χ0v) is 14.8. The van der Waals surface area contributed by atoms with Gasteiger partial charge in [-0.2, -0.15) is 0 Å². The minimum absolute atomic E-state index is 0.0361. The lowest BCUT2D eigenvalue weighted by Gasteiger charge is -2.23. The zero-order chi connectivity index (χ0) is 18.0. The van der Waals surface area contributed by atoms with Crippen LogP contribution in [0, 0.1) is 12.3 Å². The third-order valence-electron chi connectivity index (χ3n) is 5.05. The number of amides is 1. The number of ketones is 1. The van der Waals surface area contributed by atoms with Crippen molar-refractivity contribution >= 4 is 11.7 Å². The Morgan fingerprint density at radius 2 is 1.72 bits per heavy atom. The van der Waals surface area contributed by atoms with Gasteiger partial charge in [-0.05, 0) is 31.4 Å². The number of nitrogens with zero attached hydrogens (tertiary/aromatic N) is 1. The molecule has 1 unspecified atom stereocenters. The van der Waals surface area contributed by atoms with Crippen molar-refractivity contribution in [2.45, 2.75) is 20.3 Å². The van der Waals surface area contributed by atoms with Gasteiger partial charge in [0.05, 0.1) is 5.56 Å². The first-order chi connectivity index (χ1) is 11.9. The van der Waals surface area contributed by atoms with Crippen LogP contribution in [0.5, 0.6) is 0 Å². The van der Waals surface area contributed by atoms with E-state index in [2.05, 4.69) is 6.92 Å². The smallest absolute Gasteiger partial charge is 0.254 e. The van der Waals surface area contributed by atoms with Gasteiger partial charge in [0.2, 0.25) is 0 Å². The summed E-state index contributed by atoms with van der Waals surface area (Å²) in [5.41, 5.74) is 8.42.